The van der Waals surface area contributed by atoms with Crippen LogP contribution in [0.2, 0.25) is 0 Å². The highest BCUT2D eigenvalue weighted by Gasteiger charge is 2.54. The minimum absolute atomic E-state index is 0.0879. The molecule has 0 unspecified atom stereocenters. The van der Waals surface area contributed by atoms with Gasteiger partial charge in [0, 0.05) is 6.54 Å². The smallest absolute Gasteiger partial charge is 0.410 e. The average molecular weight is 807 g/mol. The fourth-order valence-electron chi connectivity index (χ4n) is 7.86. The molecule has 7 rings (SSSR count). The van der Waals surface area contributed by atoms with Crippen LogP contribution in [-0.4, -0.2) is 107 Å². The molecule has 14 heteroatoms. The monoisotopic (exact) mass is 806 g/mol. The first kappa shape index (κ1) is 42.8. The van der Waals surface area contributed by atoms with E-state index in [1.165, 1.54) is 24.3 Å². The van der Waals surface area contributed by atoms with Crippen LogP contribution in [0.1, 0.15) is 71.1 Å². The van der Waals surface area contributed by atoms with Gasteiger partial charge in [0.25, 0.3) is 0 Å². The fourth-order valence-corrected chi connectivity index (χ4v) is 7.86. The molecule has 1 N–H and O–H groups in total. The highest BCUT2D eigenvalue weighted by molar-refractivity contribution is 5.72. The Morgan fingerprint density at radius 1 is 0.621 bits per heavy atom. The topological polar surface area (TPSA) is 119 Å². The van der Waals surface area contributed by atoms with Crippen molar-refractivity contribution in [3.63, 3.8) is 0 Å². The molecule has 3 aromatic rings. The summed E-state index contributed by atoms with van der Waals surface area (Å²) in [7, 11) is 0. The van der Waals surface area contributed by atoms with E-state index in [2.05, 4.69) is 5.32 Å². The second-order valence-electron chi connectivity index (χ2n) is 17.1. The van der Waals surface area contributed by atoms with Gasteiger partial charge >= 0.3 is 18.3 Å². The number of carbonyl (C=O) groups is 3. The van der Waals surface area contributed by atoms with Gasteiger partial charge in [0.05, 0.1) is 62.7 Å². The maximum atomic E-state index is 13.3. The predicted molar refractivity (Wildman–Crippen MR) is 212 cm³/mol. The molecular formula is C44H56F2N4O8. The van der Waals surface area contributed by atoms with Crippen LogP contribution >= 0.6 is 0 Å². The molecule has 0 aromatic heterocycles. The number of nitrogens with zero attached hydrogens (tertiary/aromatic N) is 3. The lowest BCUT2D eigenvalue weighted by Crippen LogP contribution is -2.46. The van der Waals surface area contributed by atoms with E-state index < -0.39 is 29.5 Å². The minimum atomic E-state index is -0.632. The fraction of sp³-hybridized carbons (Fsp3) is 0.523. The molecule has 6 atom stereocenters. The standard InChI is InChI=1S/C26H31FN2O5.C18H25FN2O3/c1-26(2,3)34-25(31)29-15-22(32-16-19-9-11-20(27)12-10-19)23-21(29)13-14-28(23)24(30)33-17-18-7-5-4-6-8-18;1-18(2,3)24-17(22)21-10-15(16-14(21)8-9-20-16)23-11-12-4-6-13(19)7-5-12/h4-12,21-23H,13-17H2,1-3H3;4-7,14-16,20H,8-11H2,1-3H3/t21-,22+,23+;14-,15+,16+/m11/s1. The zero-order valence-electron chi connectivity index (χ0n) is 34.2. The summed E-state index contributed by atoms with van der Waals surface area (Å²) < 4.78 is 55.1. The molecule has 0 aliphatic carbocycles. The van der Waals surface area contributed by atoms with Crippen molar-refractivity contribution in [2.45, 2.75) is 122 Å². The van der Waals surface area contributed by atoms with Gasteiger partial charge in [-0.15, -0.1) is 0 Å². The van der Waals surface area contributed by atoms with Crippen molar-refractivity contribution in [2.75, 3.05) is 26.2 Å². The Morgan fingerprint density at radius 2 is 1.12 bits per heavy atom. The summed E-state index contributed by atoms with van der Waals surface area (Å²) in [6, 6.07) is 21.5. The van der Waals surface area contributed by atoms with Crippen LogP contribution in [-0.2, 0) is 43.5 Å². The van der Waals surface area contributed by atoms with E-state index in [0.29, 0.717) is 32.7 Å². The highest BCUT2D eigenvalue weighted by Crippen LogP contribution is 2.36. The number of rotatable bonds is 8. The summed E-state index contributed by atoms with van der Waals surface area (Å²) in [5, 5.41) is 3.43. The van der Waals surface area contributed by atoms with Crippen molar-refractivity contribution in [3.05, 3.63) is 107 Å². The molecule has 12 nitrogen and oxygen atoms in total. The quantitative estimate of drug-likeness (QED) is 0.232. The van der Waals surface area contributed by atoms with Gasteiger partial charge in [-0.3, -0.25) is 0 Å². The van der Waals surface area contributed by atoms with Gasteiger partial charge in [0.15, 0.2) is 0 Å². The zero-order chi connectivity index (χ0) is 41.6. The normalized spacial score (nSPS) is 23.8. The third-order valence-corrected chi connectivity index (χ3v) is 10.4. The Balaban J connectivity index is 0.000000208. The number of hydrogen-bond acceptors (Lipinski definition) is 9. The first-order chi connectivity index (χ1) is 27.5. The number of carbonyl (C=O) groups excluding carboxylic acids is 3. The second-order valence-corrected chi connectivity index (χ2v) is 17.1. The van der Waals surface area contributed by atoms with E-state index in [0.717, 1.165) is 29.7 Å². The molecule has 4 fully saturated rings. The average Bonchev–Trinajstić information content (AvgIpc) is 3.96. The number of fused-ring (bicyclic) bond motifs is 2. The first-order valence-corrected chi connectivity index (χ1v) is 20.0. The van der Waals surface area contributed by atoms with Gasteiger partial charge in [0.1, 0.15) is 29.4 Å². The van der Waals surface area contributed by atoms with Crippen molar-refractivity contribution in [1.82, 2.24) is 20.0 Å². The van der Waals surface area contributed by atoms with Crippen molar-refractivity contribution in [1.29, 1.82) is 0 Å². The van der Waals surface area contributed by atoms with Gasteiger partial charge in [0.2, 0.25) is 0 Å². The van der Waals surface area contributed by atoms with Gasteiger partial charge in [-0.1, -0.05) is 54.6 Å². The van der Waals surface area contributed by atoms with E-state index in [4.69, 9.17) is 23.7 Å². The highest BCUT2D eigenvalue weighted by atomic mass is 19.1. The van der Waals surface area contributed by atoms with Crippen LogP contribution in [0.3, 0.4) is 0 Å². The van der Waals surface area contributed by atoms with Gasteiger partial charge in [-0.2, -0.15) is 0 Å². The van der Waals surface area contributed by atoms with Crippen LogP contribution in [0.15, 0.2) is 78.9 Å². The summed E-state index contributed by atoms with van der Waals surface area (Å²) >= 11 is 0. The molecule has 4 aliphatic heterocycles. The van der Waals surface area contributed by atoms with E-state index >= 15 is 0 Å². The number of likely N-dealkylation sites (tertiary alicyclic amines) is 3. The molecule has 0 saturated carbocycles. The molecule has 3 aromatic carbocycles. The Labute approximate surface area is 339 Å². The number of ether oxygens (including phenoxy) is 5. The first-order valence-electron chi connectivity index (χ1n) is 20.0. The van der Waals surface area contributed by atoms with E-state index in [9.17, 15) is 23.2 Å². The molecule has 3 amide bonds. The van der Waals surface area contributed by atoms with E-state index in [-0.39, 0.29) is 61.2 Å². The SMILES string of the molecule is CC(C)(C)OC(=O)N1C[C@H](OCc2ccc(F)cc2)[C@@H]2[C@H]1CCN2C(=O)OCc1ccccc1.CC(C)(C)OC(=O)N1C[C@H](OCc2ccc(F)cc2)[C@H]2NCC[C@H]21. The molecule has 0 bridgehead atoms. The van der Waals surface area contributed by atoms with Gasteiger partial charge in [-0.05, 0) is 102 Å². The Kier molecular flexibility index (Phi) is 13.6. The minimum Gasteiger partial charge on any atom is -0.445 e. The summed E-state index contributed by atoms with van der Waals surface area (Å²) in [6.07, 6.45) is -0.132. The third-order valence-electron chi connectivity index (χ3n) is 10.4. The maximum Gasteiger partial charge on any atom is 0.410 e. The third kappa shape index (κ3) is 11.2. The van der Waals surface area contributed by atoms with E-state index in [1.807, 2.05) is 71.9 Å². The molecule has 0 spiro atoms. The lowest BCUT2D eigenvalue weighted by molar-refractivity contribution is -0.000330. The van der Waals surface area contributed by atoms with Crippen molar-refractivity contribution in [2.24, 2.45) is 0 Å². The maximum absolute atomic E-state index is 13.3. The largest absolute Gasteiger partial charge is 0.445 e. The number of hydrogen-bond donors (Lipinski definition) is 1. The summed E-state index contributed by atoms with van der Waals surface area (Å²) in [5.74, 6) is -0.572. The van der Waals surface area contributed by atoms with Crippen LogP contribution in [0.5, 0.6) is 0 Å². The summed E-state index contributed by atoms with van der Waals surface area (Å²) in [5.41, 5.74) is 1.49. The molecule has 4 heterocycles. The number of nitrogens with one attached hydrogen (secondary N) is 1. The van der Waals surface area contributed by atoms with Gasteiger partial charge < -0.3 is 43.7 Å². The molecule has 314 valence electrons. The molecule has 4 saturated heterocycles. The Hall–Kier alpha value is -4.79. The zero-order valence-corrected chi connectivity index (χ0v) is 34.2. The van der Waals surface area contributed by atoms with Crippen LogP contribution in [0.4, 0.5) is 23.2 Å². The second kappa shape index (κ2) is 18.4. The number of benzene rings is 3. The molecule has 4 aliphatic rings. The molecule has 58 heavy (non-hydrogen) atoms. The van der Waals surface area contributed by atoms with Crippen LogP contribution < -0.4 is 5.32 Å². The van der Waals surface area contributed by atoms with E-state index in [1.54, 1.807) is 39.0 Å². The van der Waals surface area contributed by atoms with Crippen molar-refractivity contribution < 1.29 is 46.8 Å². The number of halogens is 2. The van der Waals surface area contributed by atoms with Crippen molar-refractivity contribution in [3.8, 4) is 0 Å². The molecular weight excluding hydrogens is 750 g/mol. The van der Waals surface area contributed by atoms with Crippen LogP contribution in [0, 0.1) is 11.6 Å². The van der Waals surface area contributed by atoms with Crippen LogP contribution in [0.25, 0.3) is 0 Å². The lowest BCUT2D eigenvalue weighted by atomic mass is 10.1. The van der Waals surface area contributed by atoms with Gasteiger partial charge in [-0.25, -0.2) is 23.2 Å². The summed E-state index contributed by atoms with van der Waals surface area (Å²) in [6.45, 7) is 14.0. The lowest BCUT2D eigenvalue weighted by Gasteiger charge is -2.28. The Morgan fingerprint density at radius 3 is 1.67 bits per heavy atom. The number of amides is 3. The summed E-state index contributed by atoms with van der Waals surface area (Å²) in [4.78, 5) is 43.5. The Bertz CT molecular complexity index is 1840. The predicted octanol–water partition coefficient (Wildman–Crippen LogP) is 7.43. The molecule has 0 radical (unpaired) electrons. The van der Waals surface area contributed by atoms with Crippen molar-refractivity contribution >= 4 is 18.3 Å².